The van der Waals surface area contributed by atoms with Gasteiger partial charge in [-0.3, -0.25) is 0 Å². The summed E-state index contributed by atoms with van der Waals surface area (Å²) in [6.45, 7) is 9.50. The number of ether oxygens (including phenoxy) is 1. The lowest BCUT2D eigenvalue weighted by Crippen LogP contribution is -2.41. The Hall–Kier alpha value is -2.12. The van der Waals surface area contributed by atoms with Gasteiger partial charge in [-0.1, -0.05) is 6.07 Å². The van der Waals surface area contributed by atoms with E-state index in [0.717, 1.165) is 16.9 Å². The van der Waals surface area contributed by atoms with Crippen LogP contribution in [-0.4, -0.2) is 41.4 Å². The zero-order valence-electron chi connectivity index (χ0n) is 15.0. The van der Waals surface area contributed by atoms with Crippen molar-refractivity contribution in [2.24, 2.45) is 0 Å². The third kappa shape index (κ3) is 2.77. The molecule has 1 saturated heterocycles. The summed E-state index contributed by atoms with van der Waals surface area (Å²) < 4.78 is 18.1. The highest BCUT2D eigenvalue weighted by molar-refractivity contribution is 6.62. The van der Waals surface area contributed by atoms with Crippen LogP contribution in [0.4, 0.5) is 11.6 Å². The van der Waals surface area contributed by atoms with E-state index in [-0.39, 0.29) is 11.2 Å². The van der Waals surface area contributed by atoms with Gasteiger partial charge in [-0.15, -0.1) is 0 Å². The maximum atomic E-state index is 6.14. The first kappa shape index (κ1) is 16.4. The Morgan fingerprint density at radius 3 is 2.40 bits per heavy atom. The van der Waals surface area contributed by atoms with Crippen LogP contribution >= 0.6 is 0 Å². The van der Waals surface area contributed by atoms with E-state index in [9.17, 15) is 0 Å². The van der Waals surface area contributed by atoms with Gasteiger partial charge in [0.15, 0.2) is 0 Å². The van der Waals surface area contributed by atoms with Crippen molar-refractivity contribution in [2.45, 2.75) is 38.9 Å². The zero-order chi connectivity index (χ0) is 17.7. The molecule has 4 rings (SSSR count). The summed E-state index contributed by atoms with van der Waals surface area (Å²) in [5, 5.41) is 0. The van der Waals surface area contributed by atoms with Crippen LogP contribution in [-0.2, 0) is 9.31 Å². The van der Waals surface area contributed by atoms with E-state index in [4.69, 9.17) is 14.0 Å². The van der Waals surface area contributed by atoms with E-state index in [2.05, 4.69) is 42.6 Å². The number of rotatable bonds is 2. The van der Waals surface area contributed by atoms with Crippen LogP contribution in [0.5, 0.6) is 5.75 Å². The topological polar surface area (TPSA) is 56.7 Å². The smallest absolute Gasteiger partial charge is 0.490 e. The van der Waals surface area contributed by atoms with E-state index in [1.807, 2.05) is 24.3 Å². The number of fused-ring (bicyclic) bond motifs is 1. The van der Waals surface area contributed by atoms with Crippen molar-refractivity contribution >= 4 is 24.2 Å². The van der Waals surface area contributed by atoms with E-state index in [1.165, 1.54) is 0 Å². The lowest BCUT2D eigenvalue weighted by Gasteiger charge is -2.32. The molecule has 0 amide bonds. The van der Waals surface area contributed by atoms with Crippen LogP contribution in [0.25, 0.3) is 0 Å². The van der Waals surface area contributed by atoms with Gasteiger partial charge >= 0.3 is 7.12 Å². The fourth-order valence-corrected chi connectivity index (χ4v) is 3.00. The molecule has 0 atom stereocenters. The Morgan fingerprint density at radius 1 is 1.04 bits per heavy atom. The Labute approximate surface area is 148 Å². The summed E-state index contributed by atoms with van der Waals surface area (Å²) in [5.74, 6) is 1.47. The highest BCUT2D eigenvalue weighted by Crippen LogP contribution is 2.38. The molecule has 0 aliphatic carbocycles. The van der Waals surface area contributed by atoms with Crippen molar-refractivity contribution in [3.05, 3.63) is 36.7 Å². The molecule has 1 fully saturated rings. The normalized spacial score (nSPS) is 21.0. The zero-order valence-corrected chi connectivity index (χ0v) is 15.0. The van der Waals surface area contributed by atoms with Crippen LogP contribution in [0.3, 0.4) is 0 Å². The summed E-state index contributed by atoms with van der Waals surface area (Å²) in [6, 6.07) is 7.84. The second-order valence-electron chi connectivity index (χ2n) is 7.36. The first-order valence-electron chi connectivity index (χ1n) is 8.54. The third-order valence-electron chi connectivity index (χ3n) is 5.17. The predicted molar refractivity (Wildman–Crippen MR) is 96.7 cm³/mol. The van der Waals surface area contributed by atoms with E-state index in [1.54, 1.807) is 12.4 Å². The molecule has 0 saturated carbocycles. The van der Waals surface area contributed by atoms with Crippen molar-refractivity contribution in [1.29, 1.82) is 0 Å². The second kappa shape index (κ2) is 5.71. The van der Waals surface area contributed by atoms with Crippen LogP contribution in [0, 0.1) is 0 Å². The molecule has 0 unspecified atom stereocenters. The molecule has 6 nitrogen and oxygen atoms in total. The minimum absolute atomic E-state index is 0.363. The minimum atomic E-state index is -0.401. The molecular weight excluding hydrogens is 317 g/mol. The number of hydrogen-bond acceptors (Lipinski definition) is 6. The quantitative estimate of drug-likeness (QED) is 0.783. The van der Waals surface area contributed by atoms with Crippen LogP contribution in [0.15, 0.2) is 36.7 Å². The highest BCUT2D eigenvalue weighted by atomic mass is 16.7. The maximum absolute atomic E-state index is 6.14. The van der Waals surface area contributed by atoms with Crippen LogP contribution in [0.1, 0.15) is 27.7 Å². The monoisotopic (exact) mass is 339 g/mol. The fourth-order valence-electron chi connectivity index (χ4n) is 3.00. The van der Waals surface area contributed by atoms with Gasteiger partial charge in [-0.25, -0.2) is 9.97 Å². The summed E-state index contributed by atoms with van der Waals surface area (Å²) in [6.07, 6.45) is 3.49. The van der Waals surface area contributed by atoms with Crippen molar-refractivity contribution in [3.8, 4) is 5.75 Å². The van der Waals surface area contributed by atoms with Gasteiger partial charge in [0.1, 0.15) is 12.4 Å². The Morgan fingerprint density at radius 2 is 1.72 bits per heavy atom. The first-order valence-corrected chi connectivity index (χ1v) is 8.54. The highest BCUT2D eigenvalue weighted by Gasteiger charge is 2.51. The van der Waals surface area contributed by atoms with Crippen molar-refractivity contribution in [3.63, 3.8) is 0 Å². The number of anilines is 2. The van der Waals surface area contributed by atoms with Crippen LogP contribution < -0.4 is 15.1 Å². The average Bonchev–Trinajstić information content (AvgIpc) is 2.82. The number of hydrogen-bond donors (Lipinski definition) is 0. The first-order chi connectivity index (χ1) is 11.9. The molecule has 1 aromatic heterocycles. The van der Waals surface area contributed by atoms with E-state index >= 15 is 0 Å². The SMILES string of the molecule is CC1(C)OB(c2ccc3c(c2)OCCN3c2ncccn2)OC1(C)C. The molecule has 0 bridgehead atoms. The Balaban J connectivity index is 1.65. The molecule has 7 heteroatoms. The van der Waals surface area contributed by atoms with Crippen molar-refractivity contribution in [1.82, 2.24) is 9.97 Å². The fraction of sp³-hybridized carbons (Fsp3) is 0.444. The maximum Gasteiger partial charge on any atom is 0.494 e. The van der Waals surface area contributed by atoms with E-state index in [0.29, 0.717) is 19.1 Å². The minimum Gasteiger partial charge on any atom is -0.490 e. The molecule has 0 radical (unpaired) electrons. The van der Waals surface area contributed by atoms with E-state index < -0.39 is 7.12 Å². The second-order valence-corrected chi connectivity index (χ2v) is 7.36. The molecule has 2 aliphatic heterocycles. The molecule has 2 aliphatic rings. The van der Waals surface area contributed by atoms with Gasteiger partial charge in [-0.05, 0) is 51.4 Å². The number of aromatic nitrogens is 2. The Bertz CT molecular complexity index is 766. The standard InChI is InChI=1S/C18H22BN3O3/c1-17(2)18(3,4)25-19(24-17)13-6-7-14-15(12-13)23-11-10-22(14)16-20-8-5-9-21-16/h5-9,12H,10-11H2,1-4H3. The van der Waals surface area contributed by atoms with Crippen molar-refractivity contribution in [2.75, 3.05) is 18.1 Å². The summed E-state index contributed by atoms with van der Waals surface area (Å²) in [4.78, 5) is 10.8. The summed E-state index contributed by atoms with van der Waals surface area (Å²) in [7, 11) is -0.401. The number of nitrogens with zero attached hydrogens (tertiary/aromatic N) is 3. The molecule has 130 valence electrons. The summed E-state index contributed by atoms with van der Waals surface area (Å²) >= 11 is 0. The number of benzene rings is 1. The lowest BCUT2D eigenvalue weighted by atomic mass is 9.79. The molecule has 0 spiro atoms. The third-order valence-corrected chi connectivity index (χ3v) is 5.17. The lowest BCUT2D eigenvalue weighted by molar-refractivity contribution is 0.00578. The molecule has 3 heterocycles. The van der Waals surface area contributed by atoms with Crippen molar-refractivity contribution < 1.29 is 14.0 Å². The van der Waals surface area contributed by atoms with Gasteiger partial charge in [0.25, 0.3) is 0 Å². The molecule has 2 aromatic rings. The molecule has 0 N–H and O–H groups in total. The van der Waals surface area contributed by atoms with Gasteiger partial charge in [0.05, 0.1) is 23.4 Å². The van der Waals surface area contributed by atoms with Gasteiger partial charge in [0, 0.05) is 12.4 Å². The molecular formula is C18H22BN3O3. The average molecular weight is 339 g/mol. The van der Waals surface area contributed by atoms with Crippen LogP contribution in [0.2, 0.25) is 0 Å². The largest absolute Gasteiger partial charge is 0.494 e. The Kier molecular flexibility index (Phi) is 3.74. The predicted octanol–water partition coefficient (Wildman–Crippen LogP) is 2.31. The van der Waals surface area contributed by atoms with Gasteiger partial charge in [0.2, 0.25) is 5.95 Å². The van der Waals surface area contributed by atoms with Gasteiger partial charge in [-0.2, -0.15) is 0 Å². The molecule has 1 aromatic carbocycles. The molecule has 25 heavy (non-hydrogen) atoms. The summed E-state index contributed by atoms with van der Waals surface area (Å²) in [5.41, 5.74) is 1.18. The van der Waals surface area contributed by atoms with Gasteiger partial charge < -0.3 is 18.9 Å².